The zero-order valence-corrected chi connectivity index (χ0v) is 25.8. The second-order valence-corrected chi connectivity index (χ2v) is 11.3. The van der Waals surface area contributed by atoms with Gasteiger partial charge in [-0.05, 0) is 84.1 Å². The summed E-state index contributed by atoms with van der Waals surface area (Å²) in [5.41, 5.74) is 4.61. The maximum Gasteiger partial charge on any atom is 0.335 e. The summed E-state index contributed by atoms with van der Waals surface area (Å²) < 4.78 is 13.9. The Labute approximate surface area is 257 Å². The number of rotatable bonds is 9. The van der Waals surface area contributed by atoms with E-state index in [9.17, 15) is 9.59 Å². The third-order valence-corrected chi connectivity index (χ3v) is 7.57. The molecule has 218 valence electrons. The SMILES string of the molecule is COc1cc(C)c(-c2nc3ccccc3c(=O)n2N=Cc2cc(Br)ccc2OCc2ccc(C(=O)O)cc2)cc1C(C)C. The molecule has 43 heavy (non-hydrogen) atoms. The van der Waals surface area contributed by atoms with Crippen molar-refractivity contribution in [3.05, 3.63) is 122 Å². The van der Waals surface area contributed by atoms with Crippen LogP contribution in [0.5, 0.6) is 11.5 Å². The van der Waals surface area contributed by atoms with Gasteiger partial charge in [0, 0.05) is 15.6 Å². The zero-order valence-electron chi connectivity index (χ0n) is 24.2. The Kier molecular flexibility index (Phi) is 8.73. The van der Waals surface area contributed by atoms with Crippen molar-refractivity contribution in [2.75, 3.05) is 7.11 Å². The lowest BCUT2D eigenvalue weighted by Gasteiger charge is -2.17. The van der Waals surface area contributed by atoms with Crippen LogP contribution in [0.4, 0.5) is 0 Å². The standard InChI is InChI=1S/C34H30BrN3O5/c1-20(2)27-17-28(21(3)15-31(27)42-4)32-37-29-8-6-5-7-26(29)33(39)38(32)36-18-24-16-25(35)13-14-30(24)43-19-22-9-11-23(12-10-22)34(40)41/h5-18,20H,19H2,1-4H3,(H,40,41). The summed E-state index contributed by atoms with van der Waals surface area (Å²) in [4.78, 5) is 29.9. The molecule has 0 spiro atoms. The van der Waals surface area contributed by atoms with Gasteiger partial charge in [-0.2, -0.15) is 9.78 Å². The van der Waals surface area contributed by atoms with Crippen molar-refractivity contribution < 1.29 is 19.4 Å². The van der Waals surface area contributed by atoms with E-state index in [0.29, 0.717) is 28.0 Å². The van der Waals surface area contributed by atoms with E-state index in [1.54, 1.807) is 37.6 Å². The Balaban J connectivity index is 1.59. The van der Waals surface area contributed by atoms with E-state index in [4.69, 9.17) is 19.6 Å². The predicted octanol–water partition coefficient (Wildman–Crippen LogP) is 7.43. The lowest BCUT2D eigenvalue weighted by Crippen LogP contribution is -2.21. The minimum atomic E-state index is -0.984. The second-order valence-electron chi connectivity index (χ2n) is 10.4. The molecule has 0 fully saturated rings. The van der Waals surface area contributed by atoms with Gasteiger partial charge in [0.15, 0.2) is 5.82 Å². The van der Waals surface area contributed by atoms with E-state index in [-0.39, 0.29) is 23.6 Å². The minimum Gasteiger partial charge on any atom is -0.496 e. The number of hydrogen-bond donors (Lipinski definition) is 1. The first-order valence-electron chi connectivity index (χ1n) is 13.7. The molecule has 0 aliphatic carbocycles. The average molecular weight is 641 g/mol. The van der Waals surface area contributed by atoms with Crippen molar-refractivity contribution in [3.63, 3.8) is 0 Å². The molecule has 0 bridgehead atoms. The zero-order chi connectivity index (χ0) is 30.7. The van der Waals surface area contributed by atoms with Crippen molar-refractivity contribution in [3.8, 4) is 22.9 Å². The normalized spacial score (nSPS) is 11.4. The molecule has 0 saturated carbocycles. The number of halogens is 1. The molecule has 0 aliphatic heterocycles. The quantitative estimate of drug-likeness (QED) is 0.168. The molecule has 9 heteroatoms. The van der Waals surface area contributed by atoms with E-state index in [1.807, 2.05) is 49.4 Å². The highest BCUT2D eigenvalue weighted by atomic mass is 79.9. The number of hydrogen-bond acceptors (Lipinski definition) is 6. The van der Waals surface area contributed by atoms with Gasteiger partial charge in [-0.15, -0.1) is 0 Å². The van der Waals surface area contributed by atoms with Crippen LogP contribution in [-0.4, -0.2) is 34.1 Å². The molecule has 0 atom stereocenters. The molecule has 0 radical (unpaired) electrons. The number of benzene rings is 4. The lowest BCUT2D eigenvalue weighted by molar-refractivity contribution is 0.0697. The van der Waals surface area contributed by atoms with E-state index in [1.165, 1.54) is 16.8 Å². The van der Waals surface area contributed by atoms with Gasteiger partial charge in [0.2, 0.25) is 0 Å². The largest absolute Gasteiger partial charge is 0.496 e. The summed E-state index contributed by atoms with van der Waals surface area (Å²) in [6.07, 6.45) is 1.58. The smallest absolute Gasteiger partial charge is 0.335 e. The molecule has 1 aromatic heterocycles. The van der Waals surface area contributed by atoms with Crippen molar-refractivity contribution in [1.29, 1.82) is 0 Å². The number of nitrogens with zero attached hydrogens (tertiary/aromatic N) is 3. The number of carboxylic acid groups (broad SMARTS) is 1. The monoisotopic (exact) mass is 639 g/mol. The summed E-state index contributed by atoms with van der Waals surface area (Å²) in [6, 6.07) is 23.2. The fourth-order valence-electron chi connectivity index (χ4n) is 4.75. The van der Waals surface area contributed by atoms with Crippen molar-refractivity contribution in [2.24, 2.45) is 5.10 Å². The summed E-state index contributed by atoms with van der Waals surface area (Å²) in [7, 11) is 1.65. The van der Waals surface area contributed by atoms with Crippen LogP contribution in [0, 0.1) is 6.92 Å². The Morgan fingerprint density at radius 1 is 1.05 bits per heavy atom. The van der Waals surface area contributed by atoms with Gasteiger partial charge >= 0.3 is 5.97 Å². The Hall–Kier alpha value is -4.76. The van der Waals surface area contributed by atoms with E-state index >= 15 is 0 Å². The molecule has 0 unspecified atom stereocenters. The minimum absolute atomic E-state index is 0.181. The van der Waals surface area contributed by atoms with Crippen LogP contribution in [0.25, 0.3) is 22.3 Å². The van der Waals surface area contributed by atoms with Crippen LogP contribution in [0.15, 0.2) is 93.2 Å². The molecular weight excluding hydrogens is 610 g/mol. The molecule has 0 aliphatic rings. The molecule has 1 N–H and O–H groups in total. The van der Waals surface area contributed by atoms with Crippen LogP contribution in [-0.2, 0) is 6.61 Å². The highest BCUT2D eigenvalue weighted by Gasteiger charge is 2.18. The molecule has 5 aromatic rings. The fourth-order valence-corrected chi connectivity index (χ4v) is 5.13. The summed E-state index contributed by atoms with van der Waals surface area (Å²) in [5.74, 6) is 0.934. The Bertz CT molecular complexity index is 1910. The van der Waals surface area contributed by atoms with Gasteiger partial charge < -0.3 is 14.6 Å². The van der Waals surface area contributed by atoms with E-state index in [0.717, 1.165) is 32.5 Å². The van der Waals surface area contributed by atoms with Gasteiger partial charge in [-0.25, -0.2) is 9.78 Å². The molecule has 4 aromatic carbocycles. The number of aryl methyl sites for hydroxylation is 1. The summed E-state index contributed by atoms with van der Waals surface area (Å²) in [6.45, 7) is 6.35. The van der Waals surface area contributed by atoms with Gasteiger partial charge in [0.1, 0.15) is 18.1 Å². The second kappa shape index (κ2) is 12.6. The predicted molar refractivity (Wildman–Crippen MR) is 172 cm³/mol. The molecular formula is C34H30BrN3O5. The summed E-state index contributed by atoms with van der Waals surface area (Å²) >= 11 is 3.52. The first-order chi connectivity index (χ1) is 20.7. The molecule has 1 heterocycles. The van der Waals surface area contributed by atoms with Crippen molar-refractivity contribution in [2.45, 2.75) is 33.3 Å². The number of methoxy groups -OCH3 is 1. The third kappa shape index (κ3) is 6.36. The lowest BCUT2D eigenvalue weighted by atomic mass is 9.96. The highest BCUT2D eigenvalue weighted by molar-refractivity contribution is 9.10. The van der Waals surface area contributed by atoms with E-state index in [2.05, 4.69) is 34.9 Å². The summed E-state index contributed by atoms with van der Waals surface area (Å²) in [5, 5.41) is 14.3. The van der Waals surface area contributed by atoms with Gasteiger partial charge in [-0.3, -0.25) is 4.79 Å². The number of aromatic nitrogens is 2. The van der Waals surface area contributed by atoms with Crippen LogP contribution in [0.3, 0.4) is 0 Å². The number of aromatic carboxylic acids is 1. The average Bonchev–Trinajstić information content (AvgIpc) is 3.00. The molecule has 0 amide bonds. The maximum absolute atomic E-state index is 13.8. The third-order valence-electron chi connectivity index (χ3n) is 7.07. The topological polar surface area (TPSA) is 103 Å². The van der Waals surface area contributed by atoms with Crippen molar-refractivity contribution in [1.82, 2.24) is 9.66 Å². The molecule has 8 nitrogen and oxygen atoms in total. The molecule has 5 rings (SSSR count). The fraction of sp³-hybridized carbons (Fsp3) is 0.176. The van der Waals surface area contributed by atoms with Gasteiger partial charge in [0.05, 0.1) is 29.8 Å². The number of carbonyl (C=O) groups is 1. The van der Waals surface area contributed by atoms with Crippen LogP contribution < -0.4 is 15.0 Å². The number of para-hydroxylation sites is 1. The first kappa shape index (κ1) is 29.7. The van der Waals surface area contributed by atoms with Gasteiger partial charge in [-0.1, -0.05) is 54.0 Å². The first-order valence-corrected chi connectivity index (χ1v) is 14.4. The Morgan fingerprint density at radius 3 is 2.49 bits per heavy atom. The highest BCUT2D eigenvalue weighted by Crippen LogP contribution is 2.34. The van der Waals surface area contributed by atoms with Crippen molar-refractivity contribution >= 4 is 39.0 Å². The van der Waals surface area contributed by atoms with Crippen LogP contribution >= 0.6 is 15.9 Å². The maximum atomic E-state index is 13.8. The van der Waals surface area contributed by atoms with Crippen LogP contribution in [0.1, 0.15) is 52.4 Å². The number of carboxylic acids is 1. The van der Waals surface area contributed by atoms with E-state index < -0.39 is 5.97 Å². The van der Waals surface area contributed by atoms with Gasteiger partial charge in [0.25, 0.3) is 5.56 Å². The number of fused-ring (bicyclic) bond motifs is 1. The molecule has 0 saturated heterocycles. The Morgan fingerprint density at radius 2 is 1.79 bits per heavy atom. The van der Waals surface area contributed by atoms with Crippen LogP contribution in [0.2, 0.25) is 0 Å². The number of ether oxygens (including phenoxy) is 2.